The molecule has 2 aromatic carbocycles. The third kappa shape index (κ3) is 3.92. The summed E-state index contributed by atoms with van der Waals surface area (Å²) in [7, 11) is 1.48. The highest BCUT2D eigenvalue weighted by Crippen LogP contribution is 2.28. The van der Waals surface area contributed by atoms with Gasteiger partial charge in [-0.1, -0.05) is 12.1 Å². The van der Waals surface area contributed by atoms with Gasteiger partial charge in [-0.05, 0) is 37.3 Å². The second-order valence-corrected chi connectivity index (χ2v) is 5.44. The van der Waals surface area contributed by atoms with Gasteiger partial charge in [0.25, 0.3) is 0 Å². The van der Waals surface area contributed by atoms with Gasteiger partial charge in [0, 0.05) is 5.56 Å². The van der Waals surface area contributed by atoms with Crippen LogP contribution in [-0.4, -0.2) is 35.4 Å². The molecule has 8 heteroatoms. The number of fused-ring (bicyclic) bond motifs is 1. The maximum atomic E-state index is 10.5. The molecule has 0 amide bonds. The van der Waals surface area contributed by atoms with Crippen LogP contribution in [0.1, 0.15) is 12.5 Å². The van der Waals surface area contributed by atoms with Crippen molar-refractivity contribution in [1.82, 2.24) is 9.97 Å². The van der Waals surface area contributed by atoms with Crippen molar-refractivity contribution < 1.29 is 19.4 Å². The number of benzene rings is 2. The number of hydrogen-bond donors (Lipinski definition) is 2. The van der Waals surface area contributed by atoms with E-state index in [1.807, 2.05) is 31.2 Å². The van der Waals surface area contributed by atoms with Crippen LogP contribution in [0, 0.1) is 0 Å². The van der Waals surface area contributed by atoms with Crippen molar-refractivity contribution in [2.45, 2.75) is 6.92 Å². The Morgan fingerprint density at radius 1 is 1.27 bits per heavy atom. The number of H-pyrrole nitrogens is 1. The highest BCUT2D eigenvalue weighted by molar-refractivity contribution is 5.99. The van der Waals surface area contributed by atoms with Crippen molar-refractivity contribution in [3.05, 3.63) is 48.0 Å². The van der Waals surface area contributed by atoms with E-state index in [9.17, 15) is 9.90 Å². The lowest BCUT2D eigenvalue weighted by molar-refractivity contribution is -0.307. The highest BCUT2D eigenvalue weighted by atomic mass is 16.5. The zero-order valence-electron chi connectivity index (χ0n) is 14.3. The van der Waals surface area contributed by atoms with Crippen LogP contribution >= 0.6 is 0 Å². The summed E-state index contributed by atoms with van der Waals surface area (Å²) in [4.78, 5) is 18.0. The summed E-state index contributed by atoms with van der Waals surface area (Å²) >= 11 is 0. The normalized spacial score (nSPS) is 11.4. The van der Waals surface area contributed by atoms with Crippen LogP contribution < -0.4 is 20.0 Å². The zero-order valence-corrected chi connectivity index (χ0v) is 14.3. The standard InChI is InChI=1S/C18H18N4O4/c1-11(21-22-18-19-13-5-3-4-6-14(13)20-18)12-7-8-15(16(9-12)25-2)26-10-17(23)24/h3-9H,10H2,1-2H3,(H,23,24)(H2,19,20,22)/p-1/b21-11-. The van der Waals surface area contributed by atoms with Gasteiger partial charge in [-0.3, -0.25) is 0 Å². The van der Waals surface area contributed by atoms with Gasteiger partial charge in [-0.15, -0.1) is 0 Å². The quantitative estimate of drug-likeness (QED) is 0.492. The average Bonchev–Trinajstić information content (AvgIpc) is 3.07. The number of nitrogens with one attached hydrogen (secondary N) is 2. The first kappa shape index (κ1) is 17.3. The van der Waals surface area contributed by atoms with Gasteiger partial charge in [0.15, 0.2) is 11.5 Å². The number of nitrogens with zero attached hydrogens (tertiary/aromatic N) is 2. The fraction of sp³-hybridized carbons (Fsp3) is 0.167. The van der Waals surface area contributed by atoms with Crippen LogP contribution in [0.15, 0.2) is 47.6 Å². The molecule has 0 atom stereocenters. The lowest BCUT2D eigenvalue weighted by Crippen LogP contribution is -2.29. The van der Waals surface area contributed by atoms with Crippen molar-refractivity contribution in [3.8, 4) is 11.5 Å². The SMILES string of the molecule is COc1cc(/C(C)=N\Nc2nc3ccccc3[nH]2)ccc1OCC(=O)[O-]. The van der Waals surface area contributed by atoms with Gasteiger partial charge >= 0.3 is 0 Å². The van der Waals surface area contributed by atoms with Gasteiger partial charge in [-0.25, -0.2) is 10.4 Å². The molecule has 0 radical (unpaired) electrons. The van der Waals surface area contributed by atoms with Gasteiger partial charge in [0.1, 0.15) is 6.61 Å². The summed E-state index contributed by atoms with van der Waals surface area (Å²) in [6, 6.07) is 12.8. The van der Waals surface area contributed by atoms with Crippen molar-refractivity contribution in [2.24, 2.45) is 5.10 Å². The number of anilines is 1. The molecule has 0 aliphatic carbocycles. The first-order chi connectivity index (χ1) is 12.6. The smallest absolute Gasteiger partial charge is 0.222 e. The summed E-state index contributed by atoms with van der Waals surface area (Å²) < 4.78 is 10.4. The van der Waals surface area contributed by atoms with E-state index in [0.717, 1.165) is 16.6 Å². The van der Waals surface area contributed by atoms with Crippen molar-refractivity contribution in [1.29, 1.82) is 0 Å². The van der Waals surface area contributed by atoms with Crippen LogP contribution in [0.5, 0.6) is 11.5 Å². The predicted octanol–water partition coefficient (Wildman–Crippen LogP) is 1.54. The first-order valence-electron chi connectivity index (χ1n) is 7.83. The Kier molecular flexibility index (Phi) is 5.02. The molecule has 8 nitrogen and oxygen atoms in total. The van der Waals surface area contributed by atoms with Crippen LogP contribution in [0.4, 0.5) is 5.95 Å². The number of rotatable bonds is 7. The van der Waals surface area contributed by atoms with E-state index < -0.39 is 12.6 Å². The minimum absolute atomic E-state index is 0.318. The van der Waals surface area contributed by atoms with Gasteiger partial charge in [0.05, 0.1) is 29.8 Å². The summed E-state index contributed by atoms with van der Waals surface area (Å²) in [6.07, 6.45) is 0. The summed E-state index contributed by atoms with van der Waals surface area (Å²) in [5.74, 6) is -0.0455. The van der Waals surface area contributed by atoms with E-state index in [2.05, 4.69) is 20.5 Å². The third-order valence-corrected chi connectivity index (χ3v) is 3.65. The number of methoxy groups -OCH3 is 1. The number of imidazole rings is 1. The summed E-state index contributed by atoms with van der Waals surface area (Å²) in [5, 5.41) is 14.8. The number of carbonyl (C=O) groups excluding carboxylic acids is 1. The molecule has 0 aliphatic heterocycles. The largest absolute Gasteiger partial charge is 0.546 e. The summed E-state index contributed by atoms with van der Waals surface area (Å²) in [6.45, 7) is 1.28. The molecule has 0 unspecified atom stereocenters. The third-order valence-electron chi connectivity index (χ3n) is 3.65. The monoisotopic (exact) mass is 353 g/mol. The number of carboxylic acid groups (broad SMARTS) is 1. The van der Waals surface area contributed by atoms with Crippen molar-refractivity contribution in [3.63, 3.8) is 0 Å². The Balaban J connectivity index is 1.76. The molecule has 0 spiro atoms. The molecule has 3 rings (SSSR count). The summed E-state index contributed by atoms with van der Waals surface area (Å²) in [5.41, 5.74) is 6.12. The maximum absolute atomic E-state index is 10.5. The van der Waals surface area contributed by atoms with E-state index in [1.54, 1.807) is 18.2 Å². The minimum Gasteiger partial charge on any atom is -0.546 e. The van der Waals surface area contributed by atoms with E-state index in [0.29, 0.717) is 23.2 Å². The molecular weight excluding hydrogens is 336 g/mol. The number of carbonyl (C=O) groups is 1. The fourth-order valence-electron chi connectivity index (χ4n) is 2.36. The van der Waals surface area contributed by atoms with Crippen LogP contribution in [0.2, 0.25) is 0 Å². The number of ether oxygens (including phenoxy) is 2. The Labute approximate surface area is 149 Å². The molecule has 3 aromatic rings. The van der Waals surface area contributed by atoms with Crippen LogP contribution in [0.3, 0.4) is 0 Å². The number of aromatic nitrogens is 2. The molecule has 0 bridgehead atoms. The number of hydrogen-bond acceptors (Lipinski definition) is 7. The first-order valence-corrected chi connectivity index (χ1v) is 7.83. The molecular formula is C18H17N4O4-. The number of hydrazone groups is 1. The molecule has 2 N–H and O–H groups in total. The predicted molar refractivity (Wildman–Crippen MR) is 95.4 cm³/mol. The number of aliphatic carboxylic acids is 1. The molecule has 1 heterocycles. The zero-order chi connectivity index (χ0) is 18.5. The Bertz CT molecular complexity index is 932. The lowest BCUT2D eigenvalue weighted by atomic mass is 10.1. The van der Waals surface area contributed by atoms with Crippen molar-refractivity contribution in [2.75, 3.05) is 19.1 Å². The number of para-hydroxylation sites is 2. The second-order valence-electron chi connectivity index (χ2n) is 5.44. The van der Waals surface area contributed by atoms with Gasteiger partial charge in [-0.2, -0.15) is 5.10 Å². The van der Waals surface area contributed by atoms with E-state index in [-0.39, 0.29) is 0 Å². The minimum atomic E-state index is -1.30. The van der Waals surface area contributed by atoms with Gasteiger partial charge in [0.2, 0.25) is 5.95 Å². The average molecular weight is 353 g/mol. The van der Waals surface area contributed by atoms with E-state index >= 15 is 0 Å². The topological polar surface area (TPSA) is 112 Å². The molecule has 0 saturated heterocycles. The highest BCUT2D eigenvalue weighted by Gasteiger charge is 2.08. The molecule has 134 valence electrons. The molecule has 0 fully saturated rings. The maximum Gasteiger partial charge on any atom is 0.222 e. The van der Waals surface area contributed by atoms with Gasteiger partial charge < -0.3 is 24.4 Å². The van der Waals surface area contributed by atoms with Crippen molar-refractivity contribution >= 4 is 28.7 Å². The Hall–Kier alpha value is -3.55. The van der Waals surface area contributed by atoms with Crippen LogP contribution in [-0.2, 0) is 4.79 Å². The molecule has 1 aromatic heterocycles. The second kappa shape index (κ2) is 7.56. The fourth-order valence-corrected chi connectivity index (χ4v) is 2.36. The number of carboxylic acids is 1. The Morgan fingerprint density at radius 3 is 2.81 bits per heavy atom. The van der Waals surface area contributed by atoms with E-state index in [1.165, 1.54) is 7.11 Å². The number of aromatic amines is 1. The molecule has 0 aliphatic rings. The molecule has 0 saturated carbocycles. The van der Waals surface area contributed by atoms with E-state index in [4.69, 9.17) is 9.47 Å². The lowest BCUT2D eigenvalue weighted by Gasteiger charge is -2.12. The Morgan fingerprint density at radius 2 is 2.08 bits per heavy atom. The molecule has 26 heavy (non-hydrogen) atoms. The van der Waals surface area contributed by atoms with Crippen LogP contribution in [0.25, 0.3) is 11.0 Å².